The van der Waals surface area contributed by atoms with Gasteiger partial charge in [-0.15, -0.1) is 0 Å². The molecule has 1 atom stereocenters. The molecule has 0 aliphatic carbocycles. The lowest BCUT2D eigenvalue weighted by molar-refractivity contribution is 0.664. The fourth-order valence-electron chi connectivity index (χ4n) is 1.75. The lowest BCUT2D eigenvalue weighted by Gasteiger charge is -2.26. The highest BCUT2D eigenvalue weighted by atomic mass is 35.5. The second-order valence-electron chi connectivity index (χ2n) is 4.19. The topological polar surface area (TPSA) is 57.7 Å². The van der Waals surface area contributed by atoms with Gasteiger partial charge in [0.25, 0.3) is 0 Å². The first-order chi connectivity index (χ1) is 8.63. The van der Waals surface area contributed by atoms with Gasteiger partial charge in [0.2, 0.25) is 5.28 Å². The summed E-state index contributed by atoms with van der Waals surface area (Å²) in [7, 11) is 2.02. The van der Waals surface area contributed by atoms with Crippen molar-refractivity contribution in [3.8, 4) is 0 Å². The molecule has 2 rings (SSSR count). The van der Waals surface area contributed by atoms with Gasteiger partial charge in [0.15, 0.2) is 5.65 Å². The Kier molecular flexibility index (Phi) is 4.29. The van der Waals surface area contributed by atoms with Crippen molar-refractivity contribution in [3.63, 3.8) is 0 Å². The number of halogens is 1. The summed E-state index contributed by atoms with van der Waals surface area (Å²) in [5, 5.41) is 7.95. The van der Waals surface area contributed by atoms with Crippen LogP contribution >= 0.6 is 23.4 Å². The molecular weight excluding hydrogens is 270 g/mol. The van der Waals surface area contributed by atoms with Crippen LogP contribution in [0.25, 0.3) is 11.0 Å². The summed E-state index contributed by atoms with van der Waals surface area (Å²) < 4.78 is 0. The van der Waals surface area contributed by atoms with Crippen LogP contribution in [0, 0.1) is 0 Å². The summed E-state index contributed by atoms with van der Waals surface area (Å²) in [6.45, 7) is 2.18. The number of rotatable bonds is 5. The lowest BCUT2D eigenvalue weighted by Crippen LogP contribution is -2.30. The van der Waals surface area contributed by atoms with Crippen molar-refractivity contribution in [2.75, 3.05) is 24.0 Å². The van der Waals surface area contributed by atoms with E-state index in [0.717, 1.165) is 23.4 Å². The lowest BCUT2D eigenvalue weighted by atomic mass is 10.2. The number of aromatic nitrogens is 4. The molecule has 0 spiro atoms. The molecule has 0 aromatic carbocycles. The van der Waals surface area contributed by atoms with Crippen LogP contribution in [0.15, 0.2) is 6.20 Å². The van der Waals surface area contributed by atoms with Crippen LogP contribution in [0.1, 0.15) is 13.3 Å². The Balaban J connectivity index is 2.31. The molecule has 98 valence electrons. The van der Waals surface area contributed by atoms with Gasteiger partial charge in [-0.25, -0.2) is 0 Å². The van der Waals surface area contributed by atoms with Crippen molar-refractivity contribution >= 4 is 40.2 Å². The summed E-state index contributed by atoms with van der Waals surface area (Å²) in [4.78, 5) is 10.5. The van der Waals surface area contributed by atoms with Gasteiger partial charge in [0.05, 0.1) is 11.6 Å². The number of H-pyrrole nitrogens is 1. The highest BCUT2D eigenvalue weighted by molar-refractivity contribution is 7.98. The molecule has 0 radical (unpaired) electrons. The minimum absolute atomic E-state index is 0.241. The highest BCUT2D eigenvalue weighted by Crippen LogP contribution is 2.25. The minimum atomic E-state index is 0.241. The fourth-order valence-corrected chi connectivity index (χ4v) is 2.49. The van der Waals surface area contributed by atoms with E-state index in [9.17, 15) is 0 Å². The molecule has 5 nitrogen and oxygen atoms in total. The summed E-state index contributed by atoms with van der Waals surface area (Å²) in [6.07, 6.45) is 4.94. The molecule has 2 heterocycles. The smallest absolute Gasteiger partial charge is 0.226 e. The van der Waals surface area contributed by atoms with Gasteiger partial charge in [0.1, 0.15) is 5.82 Å². The first kappa shape index (κ1) is 13.4. The van der Waals surface area contributed by atoms with Crippen LogP contribution in [0.4, 0.5) is 5.82 Å². The zero-order valence-corrected chi connectivity index (χ0v) is 12.2. The molecule has 1 unspecified atom stereocenters. The zero-order chi connectivity index (χ0) is 13.1. The largest absolute Gasteiger partial charge is 0.356 e. The monoisotopic (exact) mass is 285 g/mol. The van der Waals surface area contributed by atoms with Gasteiger partial charge in [-0.2, -0.15) is 26.8 Å². The second kappa shape index (κ2) is 5.75. The van der Waals surface area contributed by atoms with Crippen molar-refractivity contribution in [2.45, 2.75) is 19.4 Å². The zero-order valence-electron chi connectivity index (χ0n) is 10.6. The Bertz CT molecular complexity index is 529. The summed E-state index contributed by atoms with van der Waals surface area (Å²) in [5.41, 5.74) is 0.675. The van der Waals surface area contributed by atoms with Crippen molar-refractivity contribution in [3.05, 3.63) is 11.5 Å². The Morgan fingerprint density at radius 1 is 1.50 bits per heavy atom. The quantitative estimate of drug-likeness (QED) is 0.856. The van der Waals surface area contributed by atoms with E-state index < -0.39 is 0 Å². The van der Waals surface area contributed by atoms with Crippen LogP contribution in [-0.4, -0.2) is 45.3 Å². The average molecular weight is 286 g/mol. The van der Waals surface area contributed by atoms with Gasteiger partial charge >= 0.3 is 0 Å². The molecule has 0 saturated carbocycles. The molecule has 0 aliphatic heterocycles. The normalized spacial score (nSPS) is 12.9. The first-order valence-electron chi connectivity index (χ1n) is 5.72. The highest BCUT2D eigenvalue weighted by Gasteiger charge is 2.16. The van der Waals surface area contributed by atoms with E-state index in [1.165, 1.54) is 0 Å². The first-order valence-corrected chi connectivity index (χ1v) is 7.49. The van der Waals surface area contributed by atoms with Crippen LogP contribution in [0.2, 0.25) is 5.28 Å². The molecule has 2 aromatic heterocycles. The number of hydrogen-bond donors (Lipinski definition) is 1. The van der Waals surface area contributed by atoms with Crippen LogP contribution < -0.4 is 4.90 Å². The van der Waals surface area contributed by atoms with Crippen molar-refractivity contribution in [2.24, 2.45) is 0 Å². The Hall–Kier alpha value is -1.01. The maximum absolute atomic E-state index is 5.93. The molecule has 2 aromatic rings. The van der Waals surface area contributed by atoms with Gasteiger partial charge < -0.3 is 4.90 Å². The second-order valence-corrected chi connectivity index (χ2v) is 5.51. The number of fused-ring (bicyclic) bond motifs is 1. The molecule has 1 N–H and O–H groups in total. The minimum Gasteiger partial charge on any atom is -0.356 e. The standard InChI is InChI=1S/C11H16ClN5S/c1-7(4-5-18-3)17(2)10-8-6-13-16-9(8)14-11(12)15-10/h6-7H,4-5H2,1-3H3,(H,13,14,15,16). The van der Waals surface area contributed by atoms with Crippen molar-refractivity contribution in [1.29, 1.82) is 0 Å². The van der Waals surface area contributed by atoms with E-state index in [2.05, 4.69) is 38.2 Å². The number of hydrogen-bond acceptors (Lipinski definition) is 5. The van der Waals surface area contributed by atoms with Gasteiger partial charge in [0, 0.05) is 13.1 Å². The molecule has 0 bridgehead atoms. The van der Waals surface area contributed by atoms with E-state index in [-0.39, 0.29) is 5.28 Å². The molecule has 0 fully saturated rings. The van der Waals surface area contributed by atoms with Crippen molar-refractivity contribution < 1.29 is 0 Å². The Morgan fingerprint density at radius 3 is 3.00 bits per heavy atom. The van der Waals surface area contributed by atoms with Crippen LogP contribution in [0.5, 0.6) is 0 Å². The van der Waals surface area contributed by atoms with Crippen LogP contribution in [-0.2, 0) is 0 Å². The van der Waals surface area contributed by atoms with Crippen LogP contribution in [0.3, 0.4) is 0 Å². The third kappa shape index (κ3) is 2.70. The maximum atomic E-state index is 5.93. The molecule has 0 saturated heterocycles. The third-order valence-electron chi connectivity index (χ3n) is 3.00. The number of nitrogens with one attached hydrogen (secondary N) is 1. The molecule has 7 heteroatoms. The molecule has 0 aliphatic rings. The van der Waals surface area contributed by atoms with Gasteiger partial charge in [-0.3, -0.25) is 5.10 Å². The van der Waals surface area contributed by atoms with Crippen molar-refractivity contribution in [1.82, 2.24) is 20.2 Å². The van der Waals surface area contributed by atoms with E-state index in [0.29, 0.717) is 11.7 Å². The van der Waals surface area contributed by atoms with E-state index in [4.69, 9.17) is 11.6 Å². The molecular formula is C11H16ClN5S. The average Bonchev–Trinajstić information content (AvgIpc) is 2.81. The van der Waals surface area contributed by atoms with E-state index >= 15 is 0 Å². The summed E-state index contributed by atoms with van der Waals surface area (Å²) >= 11 is 7.78. The SMILES string of the molecule is CSCCC(C)N(C)c1nc(Cl)nc2[nH]ncc12. The van der Waals surface area contributed by atoms with Gasteiger partial charge in [-0.1, -0.05) is 0 Å². The number of nitrogens with zero attached hydrogens (tertiary/aromatic N) is 4. The number of thioether (sulfide) groups is 1. The third-order valence-corrected chi connectivity index (χ3v) is 3.81. The number of aromatic amines is 1. The molecule has 18 heavy (non-hydrogen) atoms. The number of anilines is 1. The predicted octanol–water partition coefficient (Wildman–Crippen LogP) is 2.58. The van der Waals surface area contributed by atoms with E-state index in [1.54, 1.807) is 6.20 Å². The summed E-state index contributed by atoms with van der Waals surface area (Å²) in [6, 6.07) is 0.390. The fraction of sp³-hybridized carbons (Fsp3) is 0.545. The van der Waals surface area contributed by atoms with Gasteiger partial charge in [-0.05, 0) is 37.0 Å². The maximum Gasteiger partial charge on any atom is 0.226 e. The Labute approximate surface area is 115 Å². The predicted molar refractivity (Wildman–Crippen MR) is 77.6 cm³/mol. The molecule has 0 amide bonds. The van der Waals surface area contributed by atoms with E-state index in [1.807, 2.05) is 18.8 Å². The Morgan fingerprint density at radius 2 is 2.28 bits per heavy atom. The summed E-state index contributed by atoms with van der Waals surface area (Å²) in [5.74, 6) is 1.95.